The minimum atomic E-state index is 0.759. The number of hydrogen-bond donors (Lipinski definition) is 0. The maximum atomic E-state index is 3.74. The van der Waals surface area contributed by atoms with Crippen LogP contribution in [0.15, 0.2) is 12.8 Å². The average Bonchev–Trinajstić information content (AvgIpc) is 1.83. The SMILES string of the molecule is C=C[N+](=C)CCC(C)C. The van der Waals surface area contributed by atoms with Gasteiger partial charge >= 0.3 is 0 Å². The molecule has 0 radical (unpaired) electrons. The van der Waals surface area contributed by atoms with Crippen LogP contribution in [0.2, 0.25) is 0 Å². The van der Waals surface area contributed by atoms with Crippen molar-refractivity contribution in [2.75, 3.05) is 6.54 Å². The molecule has 0 aliphatic heterocycles. The van der Waals surface area contributed by atoms with Gasteiger partial charge in [0.05, 0.1) is 0 Å². The standard InChI is InChI=1S/C8H16N/c1-5-9(4)7-6-8(2)3/h5,8H,1,4,6-7H2,2-3H3/q+1. The molecule has 52 valence electrons. The molecule has 0 rings (SSSR count). The predicted molar refractivity (Wildman–Crippen MR) is 41.9 cm³/mol. The predicted octanol–water partition coefficient (Wildman–Crippen LogP) is 1.89. The zero-order valence-corrected chi connectivity index (χ0v) is 6.43. The first kappa shape index (κ1) is 8.41. The molecule has 0 aromatic heterocycles. The van der Waals surface area contributed by atoms with E-state index >= 15 is 0 Å². The Labute approximate surface area is 57.7 Å². The zero-order chi connectivity index (χ0) is 7.28. The van der Waals surface area contributed by atoms with Crippen molar-refractivity contribution in [2.45, 2.75) is 20.3 Å². The normalized spacial score (nSPS) is 9.67. The molecular formula is C8H16N+. The van der Waals surface area contributed by atoms with Crippen LogP contribution in [-0.2, 0) is 0 Å². The first-order chi connectivity index (χ1) is 4.16. The Morgan fingerprint density at radius 3 is 2.44 bits per heavy atom. The molecule has 0 heterocycles. The van der Waals surface area contributed by atoms with Crippen LogP contribution in [0.3, 0.4) is 0 Å². The van der Waals surface area contributed by atoms with E-state index in [0.717, 1.165) is 12.5 Å². The van der Waals surface area contributed by atoms with Crippen molar-refractivity contribution in [3.05, 3.63) is 12.8 Å². The smallest absolute Gasteiger partial charge is 0.161 e. The lowest BCUT2D eigenvalue weighted by molar-refractivity contribution is -0.448. The lowest BCUT2D eigenvalue weighted by Crippen LogP contribution is -2.05. The summed E-state index contributed by atoms with van der Waals surface area (Å²) in [4.78, 5) is 0. The van der Waals surface area contributed by atoms with Gasteiger partial charge in [0, 0.05) is 6.42 Å². The number of nitrogens with zero attached hydrogens (tertiary/aromatic N) is 1. The quantitative estimate of drug-likeness (QED) is 0.400. The Morgan fingerprint density at radius 1 is 1.56 bits per heavy atom. The maximum Gasteiger partial charge on any atom is 0.161 e. The molecule has 0 aliphatic carbocycles. The highest BCUT2D eigenvalue weighted by Gasteiger charge is 1.97. The fourth-order valence-corrected chi connectivity index (χ4v) is 0.515. The van der Waals surface area contributed by atoms with Gasteiger partial charge in [-0.1, -0.05) is 13.8 Å². The van der Waals surface area contributed by atoms with Crippen LogP contribution in [0.1, 0.15) is 20.3 Å². The summed E-state index contributed by atoms with van der Waals surface area (Å²) in [5.74, 6) is 0.759. The van der Waals surface area contributed by atoms with Crippen LogP contribution in [0.4, 0.5) is 0 Å². The van der Waals surface area contributed by atoms with E-state index in [1.807, 2.05) is 4.58 Å². The number of rotatable bonds is 4. The van der Waals surface area contributed by atoms with Crippen LogP contribution in [0.5, 0.6) is 0 Å². The Hall–Kier alpha value is -0.590. The average molecular weight is 126 g/mol. The molecule has 0 atom stereocenters. The molecule has 0 fully saturated rings. The van der Waals surface area contributed by atoms with E-state index in [2.05, 4.69) is 27.1 Å². The zero-order valence-electron chi connectivity index (χ0n) is 6.43. The molecule has 0 unspecified atom stereocenters. The number of hydrogen-bond acceptors (Lipinski definition) is 0. The molecular weight excluding hydrogens is 110 g/mol. The van der Waals surface area contributed by atoms with Gasteiger partial charge in [-0.15, -0.1) is 0 Å². The summed E-state index contributed by atoms with van der Waals surface area (Å²) in [6, 6.07) is 0. The molecule has 0 N–H and O–H groups in total. The van der Waals surface area contributed by atoms with Crippen molar-refractivity contribution in [1.82, 2.24) is 0 Å². The Balaban J connectivity index is 3.27. The molecule has 1 nitrogen and oxygen atoms in total. The van der Waals surface area contributed by atoms with Gasteiger partial charge in [0.15, 0.2) is 6.20 Å². The van der Waals surface area contributed by atoms with Gasteiger partial charge in [-0.3, -0.25) is 0 Å². The Kier molecular flexibility index (Phi) is 4.02. The third-order valence-corrected chi connectivity index (χ3v) is 1.25. The first-order valence-corrected chi connectivity index (χ1v) is 3.36. The van der Waals surface area contributed by atoms with Crippen molar-refractivity contribution in [3.63, 3.8) is 0 Å². The Bertz CT molecular complexity index is 103. The molecule has 1 heteroatoms. The van der Waals surface area contributed by atoms with E-state index < -0.39 is 0 Å². The van der Waals surface area contributed by atoms with Crippen LogP contribution in [-0.4, -0.2) is 17.8 Å². The van der Waals surface area contributed by atoms with Crippen LogP contribution >= 0.6 is 0 Å². The summed E-state index contributed by atoms with van der Waals surface area (Å²) in [5.41, 5.74) is 0. The van der Waals surface area contributed by atoms with Gasteiger partial charge in [0.2, 0.25) is 0 Å². The van der Waals surface area contributed by atoms with Gasteiger partial charge in [-0.05, 0) is 12.5 Å². The second-order valence-electron chi connectivity index (χ2n) is 2.68. The third-order valence-electron chi connectivity index (χ3n) is 1.25. The molecule has 0 saturated heterocycles. The van der Waals surface area contributed by atoms with Crippen molar-refractivity contribution in [3.8, 4) is 0 Å². The summed E-state index contributed by atoms with van der Waals surface area (Å²) >= 11 is 0. The summed E-state index contributed by atoms with van der Waals surface area (Å²) < 4.78 is 1.86. The summed E-state index contributed by atoms with van der Waals surface area (Å²) in [6.45, 7) is 12.8. The fourth-order valence-electron chi connectivity index (χ4n) is 0.515. The van der Waals surface area contributed by atoms with Crippen molar-refractivity contribution in [1.29, 1.82) is 0 Å². The van der Waals surface area contributed by atoms with E-state index in [4.69, 9.17) is 0 Å². The molecule has 9 heavy (non-hydrogen) atoms. The van der Waals surface area contributed by atoms with Crippen molar-refractivity contribution < 1.29 is 4.58 Å². The molecule has 0 aliphatic rings. The summed E-state index contributed by atoms with van der Waals surface area (Å²) in [7, 11) is 0. The first-order valence-electron chi connectivity index (χ1n) is 3.36. The minimum Gasteiger partial charge on any atom is -0.212 e. The van der Waals surface area contributed by atoms with Crippen LogP contribution in [0, 0.1) is 5.92 Å². The molecule has 0 aromatic carbocycles. The lowest BCUT2D eigenvalue weighted by atomic mass is 10.1. The van der Waals surface area contributed by atoms with E-state index in [9.17, 15) is 0 Å². The van der Waals surface area contributed by atoms with Crippen LogP contribution in [0.25, 0.3) is 0 Å². The second kappa shape index (κ2) is 4.30. The van der Waals surface area contributed by atoms with E-state index in [-0.39, 0.29) is 0 Å². The fraction of sp³-hybridized carbons (Fsp3) is 0.625. The summed E-state index contributed by atoms with van der Waals surface area (Å²) in [6.07, 6.45) is 2.94. The lowest BCUT2D eigenvalue weighted by Gasteiger charge is -1.98. The minimum absolute atomic E-state index is 0.759. The highest BCUT2D eigenvalue weighted by molar-refractivity contribution is 5.15. The molecule has 0 aromatic rings. The van der Waals surface area contributed by atoms with Crippen molar-refractivity contribution >= 4 is 6.72 Å². The highest BCUT2D eigenvalue weighted by Crippen LogP contribution is 1.97. The van der Waals surface area contributed by atoms with Gasteiger partial charge in [-0.2, -0.15) is 0 Å². The Morgan fingerprint density at radius 2 is 2.11 bits per heavy atom. The third kappa shape index (κ3) is 5.28. The van der Waals surface area contributed by atoms with E-state index in [1.54, 1.807) is 6.20 Å². The molecule has 0 amide bonds. The van der Waals surface area contributed by atoms with E-state index in [0.29, 0.717) is 0 Å². The summed E-state index contributed by atoms with van der Waals surface area (Å²) in [5, 5.41) is 0. The topological polar surface area (TPSA) is 3.01 Å². The van der Waals surface area contributed by atoms with Gasteiger partial charge in [-0.25, -0.2) is 4.58 Å². The van der Waals surface area contributed by atoms with Crippen molar-refractivity contribution in [2.24, 2.45) is 5.92 Å². The molecule has 0 bridgehead atoms. The van der Waals surface area contributed by atoms with E-state index in [1.165, 1.54) is 6.42 Å². The van der Waals surface area contributed by atoms with Gasteiger partial charge in [0.1, 0.15) is 13.3 Å². The van der Waals surface area contributed by atoms with Gasteiger partial charge in [0.25, 0.3) is 0 Å². The molecule has 0 spiro atoms. The maximum absolute atomic E-state index is 3.74. The highest BCUT2D eigenvalue weighted by atomic mass is 14.9. The van der Waals surface area contributed by atoms with Crippen LogP contribution < -0.4 is 0 Å². The second-order valence-corrected chi connectivity index (χ2v) is 2.68. The molecule has 0 saturated carbocycles. The van der Waals surface area contributed by atoms with Gasteiger partial charge < -0.3 is 0 Å². The monoisotopic (exact) mass is 126 g/mol. The largest absolute Gasteiger partial charge is 0.212 e.